The van der Waals surface area contributed by atoms with Gasteiger partial charge in [0.05, 0.1) is 0 Å². The topological polar surface area (TPSA) is 12.0 Å². The highest BCUT2D eigenvalue weighted by Crippen LogP contribution is 2.25. The zero-order chi connectivity index (χ0) is 11.5. The number of hydrogen-bond donors (Lipinski definition) is 1. The van der Waals surface area contributed by atoms with Crippen LogP contribution in [0.15, 0.2) is 54.6 Å². The van der Waals surface area contributed by atoms with Crippen LogP contribution in [0.4, 0.5) is 5.69 Å². The summed E-state index contributed by atoms with van der Waals surface area (Å²) in [4.78, 5) is 0. The van der Waals surface area contributed by atoms with E-state index in [1.807, 2.05) is 0 Å². The smallest absolute Gasteiger partial charge is 0.0374 e. The van der Waals surface area contributed by atoms with E-state index in [4.69, 9.17) is 0 Å². The standard InChI is InChI=1S/C16H17N/c1-2-6-13(7-3-1)12-15-11-10-14-8-4-5-9-16(14)17-15/h1-9,15,17H,10-12H2. The molecule has 0 saturated heterocycles. The molecule has 17 heavy (non-hydrogen) atoms. The molecule has 1 nitrogen and oxygen atoms in total. The normalized spacial score (nSPS) is 18.2. The molecule has 1 heteroatoms. The lowest BCUT2D eigenvalue weighted by molar-refractivity contribution is 0.628. The summed E-state index contributed by atoms with van der Waals surface area (Å²) in [5.74, 6) is 0. The van der Waals surface area contributed by atoms with E-state index >= 15 is 0 Å². The molecule has 0 amide bonds. The van der Waals surface area contributed by atoms with Crippen molar-refractivity contribution in [1.82, 2.24) is 0 Å². The third-order valence-electron chi connectivity index (χ3n) is 3.46. The van der Waals surface area contributed by atoms with Gasteiger partial charge in [-0.2, -0.15) is 0 Å². The van der Waals surface area contributed by atoms with Crippen molar-refractivity contribution in [3.05, 3.63) is 65.7 Å². The van der Waals surface area contributed by atoms with Crippen LogP contribution in [-0.4, -0.2) is 6.04 Å². The highest BCUT2D eigenvalue weighted by molar-refractivity contribution is 5.53. The van der Waals surface area contributed by atoms with Crippen LogP contribution in [0.25, 0.3) is 0 Å². The average molecular weight is 223 g/mol. The first kappa shape index (κ1) is 10.4. The largest absolute Gasteiger partial charge is 0.382 e. The molecule has 3 rings (SSSR count). The first-order valence-electron chi connectivity index (χ1n) is 6.30. The van der Waals surface area contributed by atoms with Gasteiger partial charge in [-0.25, -0.2) is 0 Å². The SMILES string of the molecule is c1ccc(CC2CCc3ccccc3N2)cc1. The Labute approximate surface area is 102 Å². The molecule has 1 unspecified atom stereocenters. The molecule has 0 bridgehead atoms. The van der Waals surface area contributed by atoms with Gasteiger partial charge in [0.15, 0.2) is 0 Å². The number of fused-ring (bicyclic) bond motifs is 1. The van der Waals surface area contributed by atoms with Crippen molar-refractivity contribution in [1.29, 1.82) is 0 Å². The minimum atomic E-state index is 0.576. The predicted molar refractivity (Wildman–Crippen MR) is 72.3 cm³/mol. The van der Waals surface area contributed by atoms with E-state index in [1.165, 1.54) is 29.7 Å². The Kier molecular flexibility index (Phi) is 2.83. The van der Waals surface area contributed by atoms with Gasteiger partial charge < -0.3 is 5.32 Å². The van der Waals surface area contributed by atoms with Crippen molar-refractivity contribution < 1.29 is 0 Å². The summed E-state index contributed by atoms with van der Waals surface area (Å²) in [6.07, 6.45) is 3.54. The van der Waals surface area contributed by atoms with Gasteiger partial charge in [-0.1, -0.05) is 48.5 Å². The van der Waals surface area contributed by atoms with E-state index in [-0.39, 0.29) is 0 Å². The Morgan fingerprint density at radius 3 is 2.59 bits per heavy atom. The first-order valence-corrected chi connectivity index (χ1v) is 6.30. The molecule has 86 valence electrons. The van der Waals surface area contributed by atoms with Gasteiger partial charge in [-0.3, -0.25) is 0 Å². The summed E-state index contributed by atoms with van der Waals surface area (Å²) in [6, 6.07) is 19.9. The van der Waals surface area contributed by atoms with Gasteiger partial charge in [-0.15, -0.1) is 0 Å². The summed E-state index contributed by atoms with van der Waals surface area (Å²) in [5, 5.41) is 3.65. The molecule has 1 aliphatic rings. The second kappa shape index (κ2) is 4.62. The Bertz CT molecular complexity index is 490. The summed E-state index contributed by atoms with van der Waals surface area (Å²) in [6.45, 7) is 0. The second-order valence-corrected chi connectivity index (χ2v) is 4.73. The lowest BCUT2D eigenvalue weighted by Gasteiger charge is -2.27. The Balaban J connectivity index is 1.72. The van der Waals surface area contributed by atoms with Crippen molar-refractivity contribution >= 4 is 5.69 Å². The third-order valence-corrected chi connectivity index (χ3v) is 3.46. The molecule has 0 radical (unpaired) electrons. The maximum absolute atomic E-state index is 3.65. The molecule has 1 atom stereocenters. The average Bonchev–Trinajstić information content (AvgIpc) is 2.40. The van der Waals surface area contributed by atoms with Crippen molar-refractivity contribution in [2.45, 2.75) is 25.3 Å². The van der Waals surface area contributed by atoms with Crippen LogP contribution >= 0.6 is 0 Å². The van der Waals surface area contributed by atoms with Crippen LogP contribution in [0.3, 0.4) is 0 Å². The minimum Gasteiger partial charge on any atom is -0.382 e. The van der Waals surface area contributed by atoms with E-state index in [0.29, 0.717) is 6.04 Å². The summed E-state index contributed by atoms with van der Waals surface area (Å²) < 4.78 is 0. The van der Waals surface area contributed by atoms with Crippen LogP contribution in [0.1, 0.15) is 17.5 Å². The van der Waals surface area contributed by atoms with Crippen molar-refractivity contribution in [3.63, 3.8) is 0 Å². The van der Waals surface area contributed by atoms with Crippen LogP contribution in [0.2, 0.25) is 0 Å². The highest BCUT2D eigenvalue weighted by Gasteiger charge is 2.16. The molecule has 0 spiro atoms. The minimum absolute atomic E-state index is 0.576. The number of para-hydroxylation sites is 1. The zero-order valence-corrected chi connectivity index (χ0v) is 9.89. The monoisotopic (exact) mass is 223 g/mol. The molecule has 1 heterocycles. The maximum Gasteiger partial charge on any atom is 0.0374 e. The number of rotatable bonds is 2. The Hall–Kier alpha value is -1.76. The van der Waals surface area contributed by atoms with E-state index in [0.717, 1.165) is 6.42 Å². The van der Waals surface area contributed by atoms with E-state index in [9.17, 15) is 0 Å². The molecular formula is C16H17N. The van der Waals surface area contributed by atoms with E-state index in [2.05, 4.69) is 59.9 Å². The molecule has 0 aromatic heterocycles. The van der Waals surface area contributed by atoms with Crippen LogP contribution in [0, 0.1) is 0 Å². The van der Waals surface area contributed by atoms with Crippen LogP contribution < -0.4 is 5.32 Å². The number of anilines is 1. The fourth-order valence-corrected chi connectivity index (χ4v) is 2.55. The van der Waals surface area contributed by atoms with E-state index in [1.54, 1.807) is 0 Å². The number of nitrogens with one attached hydrogen (secondary N) is 1. The molecule has 1 aliphatic heterocycles. The predicted octanol–water partition coefficient (Wildman–Crippen LogP) is 3.66. The zero-order valence-electron chi connectivity index (χ0n) is 9.89. The van der Waals surface area contributed by atoms with Gasteiger partial charge in [-0.05, 0) is 36.5 Å². The van der Waals surface area contributed by atoms with Crippen molar-refractivity contribution in [2.24, 2.45) is 0 Å². The summed E-state index contributed by atoms with van der Waals surface area (Å²) >= 11 is 0. The molecular weight excluding hydrogens is 206 g/mol. The second-order valence-electron chi connectivity index (χ2n) is 4.73. The fourth-order valence-electron chi connectivity index (χ4n) is 2.55. The van der Waals surface area contributed by atoms with E-state index < -0.39 is 0 Å². The summed E-state index contributed by atoms with van der Waals surface area (Å²) in [7, 11) is 0. The maximum atomic E-state index is 3.65. The van der Waals surface area contributed by atoms with Crippen LogP contribution in [-0.2, 0) is 12.8 Å². The van der Waals surface area contributed by atoms with Gasteiger partial charge in [0.1, 0.15) is 0 Å². The molecule has 0 aliphatic carbocycles. The quantitative estimate of drug-likeness (QED) is 0.819. The molecule has 2 aromatic rings. The number of benzene rings is 2. The fraction of sp³-hybridized carbons (Fsp3) is 0.250. The van der Waals surface area contributed by atoms with Gasteiger partial charge in [0.2, 0.25) is 0 Å². The van der Waals surface area contributed by atoms with Crippen molar-refractivity contribution in [2.75, 3.05) is 5.32 Å². The number of hydrogen-bond acceptors (Lipinski definition) is 1. The van der Waals surface area contributed by atoms with Gasteiger partial charge in [0.25, 0.3) is 0 Å². The first-order chi connectivity index (χ1) is 8.42. The third kappa shape index (κ3) is 2.33. The summed E-state index contributed by atoms with van der Waals surface area (Å²) in [5.41, 5.74) is 4.20. The van der Waals surface area contributed by atoms with Gasteiger partial charge >= 0.3 is 0 Å². The lowest BCUT2D eigenvalue weighted by Crippen LogP contribution is -2.27. The lowest BCUT2D eigenvalue weighted by atomic mass is 9.94. The van der Waals surface area contributed by atoms with Gasteiger partial charge in [0, 0.05) is 11.7 Å². The Morgan fingerprint density at radius 2 is 1.71 bits per heavy atom. The molecule has 0 fully saturated rings. The number of aryl methyl sites for hydroxylation is 1. The van der Waals surface area contributed by atoms with Crippen LogP contribution in [0.5, 0.6) is 0 Å². The Morgan fingerprint density at radius 1 is 0.941 bits per heavy atom. The molecule has 1 N–H and O–H groups in total. The highest BCUT2D eigenvalue weighted by atomic mass is 14.9. The molecule has 0 saturated carbocycles. The van der Waals surface area contributed by atoms with Crippen molar-refractivity contribution in [3.8, 4) is 0 Å². The molecule has 2 aromatic carbocycles.